The Morgan fingerprint density at radius 3 is 2.10 bits per heavy atom. The standard InChI is InChI=1S/C16H14ClF2N/c17-12-6-4-11(5-7-12)16(9-20-10-16)8-13-14(18)2-1-3-15(13)19/h1-7,20H,8-10H2. The molecule has 4 heteroatoms. The Morgan fingerprint density at radius 1 is 1.00 bits per heavy atom. The van der Waals surface area contributed by atoms with Crippen LogP contribution < -0.4 is 5.32 Å². The van der Waals surface area contributed by atoms with Crippen molar-refractivity contribution in [1.82, 2.24) is 5.32 Å². The monoisotopic (exact) mass is 293 g/mol. The first-order chi connectivity index (χ1) is 9.61. The first kappa shape index (κ1) is 13.5. The average molecular weight is 294 g/mol. The van der Waals surface area contributed by atoms with Gasteiger partial charge >= 0.3 is 0 Å². The quantitative estimate of drug-likeness (QED) is 0.910. The van der Waals surface area contributed by atoms with Gasteiger partial charge in [-0.15, -0.1) is 0 Å². The molecular weight excluding hydrogens is 280 g/mol. The summed E-state index contributed by atoms with van der Waals surface area (Å²) in [5.74, 6) is -0.963. The van der Waals surface area contributed by atoms with Crippen molar-refractivity contribution in [2.75, 3.05) is 13.1 Å². The lowest BCUT2D eigenvalue weighted by Crippen LogP contribution is -2.58. The van der Waals surface area contributed by atoms with Gasteiger partial charge < -0.3 is 5.32 Å². The van der Waals surface area contributed by atoms with Crippen molar-refractivity contribution in [3.8, 4) is 0 Å². The molecule has 1 nitrogen and oxygen atoms in total. The maximum Gasteiger partial charge on any atom is 0.129 e. The Kier molecular flexibility index (Phi) is 3.48. The minimum atomic E-state index is -0.481. The Labute approximate surface area is 121 Å². The van der Waals surface area contributed by atoms with Crippen molar-refractivity contribution in [3.05, 3.63) is 70.2 Å². The molecule has 0 unspecified atom stereocenters. The van der Waals surface area contributed by atoms with Crippen LogP contribution in [0.5, 0.6) is 0 Å². The summed E-state index contributed by atoms with van der Waals surface area (Å²) < 4.78 is 27.7. The van der Waals surface area contributed by atoms with Crippen LogP contribution >= 0.6 is 11.6 Å². The minimum absolute atomic E-state index is 0.156. The van der Waals surface area contributed by atoms with Crippen molar-refractivity contribution < 1.29 is 8.78 Å². The highest BCUT2D eigenvalue weighted by molar-refractivity contribution is 6.30. The van der Waals surface area contributed by atoms with Crippen LogP contribution in [0.1, 0.15) is 11.1 Å². The van der Waals surface area contributed by atoms with Crippen molar-refractivity contribution in [2.45, 2.75) is 11.8 Å². The first-order valence-corrected chi connectivity index (χ1v) is 6.88. The SMILES string of the molecule is Fc1cccc(F)c1CC1(c2ccc(Cl)cc2)CNC1. The van der Waals surface area contributed by atoms with Gasteiger partial charge in [0.25, 0.3) is 0 Å². The minimum Gasteiger partial charge on any atom is -0.315 e. The van der Waals surface area contributed by atoms with Crippen LogP contribution in [0.25, 0.3) is 0 Å². The molecule has 2 aromatic rings. The maximum atomic E-state index is 13.8. The van der Waals surface area contributed by atoms with Gasteiger partial charge in [-0.2, -0.15) is 0 Å². The van der Waals surface area contributed by atoms with Crippen LogP contribution in [-0.2, 0) is 11.8 Å². The summed E-state index contributed by atoms with van der Waals surface area (Å²) in [6, 6.07) is 11.5. The molecule has 20 heavy (non-hydrogen) atoms. The van der Waals surface area contributed by atoms with E-state index < -0.39 is 11.6 Å². The fourth-order valence-electron chi connectivity index (χ4n) is 2.70. The summed E-state index contributed by atoms with van der Waals surface area (Å²) in [4.78, 5) is 0. The van der Waals surface area contributed by atoms with Gasteiger partial charge in [0, 0.05) is 29.1 Å². The third kappa shape index (κ3) is 2.32. The van der Waals surface area contributed by atoms with E-state index in [9.17, 15) is 8.78 Å². The summed E-state index contributed by atoms with van der Waals surface area (Å²) in [5.41, 5.74) is 0.959. The number of rotatable bonds is 3. The van der Waals surface area contributed by atoms with Gasteiger partial charge in [0.2, 0.25) is 0 Å². The van der Waals surface area contributed by atoms with Gasteiger partial charge in [-0.1, -0.05) is 29.8 Å². The van der Waals surface area contributed by atoms with E-state index in [2.05, 4.69) is 5.32 Å². The molecule has 0 amide bonds. The molecule has 0 spiro atoms. The lowest BCUT2D eigenvalue weighted by molar-refractivity contribution is 0.269. The van der Waals surface area contributed by atoms with E-state index in [0.717, 1.165) is 5.56 Å². The fraction of sp³-hybridized carbons (Fsp3) is 0.250. The number of halogens is 3. The predicted molar refractivity (Wildman–Crippen MR) is 76.1 cm³/mol. The smallest absolute Gasteiger partial charge is 0.129 e. The Bertz CT molecular complexity index is 601. The molecule has 0 aromatic heterocycles. The molecule has 1 fully saturated rings. The molecule has 1 saturated heterocycles. The molecule has 0 saturated carbocycles. The van der Waals surface area contributed by atoms with Crippen LogP contribution in [-0.4, -0.2) is 13.1 Å². The van der Waals surface area contributed by atoms with Crippen molar-refractivity contribution in [1.29, 1.82) is 0 Å². The van der Waals surface area contributed by atoms with Gasteiger partial charge in [0.1, 0.15) is 11.6 Å². The highest BCUT2D eigenvalue weighted by atomic mass is 35.5. The Balaban J connectivity index is 1.96. The third-order valence-electron chi connectivity index (χ3n) is 3.96. The van der Waals surface area contributed by atoms with E-state index in [1.165, 1.54) is 18.2 Å². The summed E-state index contributed by atoms with van der Waals surface area (Å²) in [6.45, 7) is 1.42. The van der Waals surface area contributed by atoms with Gasteiger partial charge in [0.15, 0.2) is 0 Å². The van der Waals surface area contributed by atoms with E-state index >= 15 is 0 Å². The van der Waals surface area contributed by atoms with E-state index in [0.29, 0.717) is 24.5 Å². The van der Waals surface area contributed by atoms with Crippen LogP contribution in [0.2, 0.25) is 5.02 Å². The van der Waals surface area contributed by atoms with Crippen LogP contribution in [0.15, 0.2) is 42.5 Å². The third-order valence-corrected chi connectivity index (χ3v) is 4.21. The van der Waals surface area contributed by atoms with Gasteiger partial charge in [-0.05, 0) is 36.2 Å². The Hall–Kier alpha value is -1.45. The highest BCUT2D eigenvalue weighted by Gasteiger charge is 2.39. The maximum absolute atomic E-state index is 13.8. The van der Waals surface area contributed by atoms with E-state index in [-0.39, 0.29) is 11.0 Å². The van der Waals surface area contributed by atoms with Gasteiger partial charge in [-0.25, -0.2) is 8.78 Å². The largest absolute Gasteiger partial charge is 0.315 e. The first-order valence-electron chi connectivity index (χ1n) is 6.50. The molecule has 0 radical (unpaired) electrons. The molecule has 1 N–H and O–H groups in total. The molecular formula is C16H14ClF2N. The topological polar surface area (TPSA) is 12.0 Å². The van der Waals surface area contributed by atoms with Crippen molar-refractivity contribution in [2.24, 2.45) is 0 Å². The molecule has 1 aliphatic rings. The lowest BCUT2D eigenvalue weighted by atomic mass is 9.71. The zero-order valence-electron chi connectivity index (χ0n) is 10.8. The van der Waals surface area contributed by atoms with Gasteiger partial charge in [0.05, 0.1) is 0 Å². The number of hydrogen-bond acceptors (Lipinski definition) is 1. The lowest BCUT2D eigenvalue weighted by Gasteiger charge is -2.43. The van der Waals surface area contributed by atoms with Crippen LogP contribution in [0.4, 0.5) is 8.78 Å². The number of nitrogens with one attached hydrogen (secondary N) is 1. The van der Waals surface area contributed by atoms with E-state index in [1.807, 2.05) is 24.3 Å². The van der Waals surface area contributed by atoms with Crippen LogP contribution in [0.3, 0.4) is 0 Å². The van der Waals surface area contributed by atoms with Crippen molar-refractivity contribution in [3.63, 3.8) is 0 Å². The Morgan fingerprint density at radius 2 is 1.60 bits per heavy atom. The number of hydrogen-bond donors (Lipinski definition) is 1. The summed E-state index contributed by atoms with van der Waals surface area (Å²) in [5, 5.41) is 3.86. The van der Waals surface area contributed by atoms with Crippen LogP contribution in [0, 0.1) is 11.6 Å². The summed E-state index contributed by atoms with van der Waals surface area (Å²) in [7, 11) is 0. The fourth-order valence-corrected chi connectivity index (χ4v) is 2.83. The number of benzene rings is 2. The predicted octanol–water partition coefficient (Wildman–Crippen LogP) is 3.70. The average Bonchev–Trinajstić information content (AvgIpc) is 2.38. The molecule has 0 aliphatic carbocycles. The van der Waals surface area contributed by atoms with Gasteiger partial charge in [-0.3, -0.25) is 0 Å². The summed E-state index contributed by atoms with van der Waals surface area (Å²) in [6.07, 6.45) is 0.347. The van der Waals surface area contributed by atoms with E-state index in [1.54, 1.807) is 0 Å². The zero-order chi connectivity index (χ0) is 14.2. The normalized spacial score (nSPS) is 16.8. The molecule has 104 valence electrons. The molecule has 2 aromatic carbocycles. The molecule has 1 heterocycles. The van der Waals surface area contributed by atoms with E-state index in [4.69, 9.17) is 11.6 Å². The summed E-state index contributed by atoms with van der Waals surface area (Å²) >= 11 is 5.90. The van der Waals surface area contributed by atoms with Crippen molar-refractivity contribution >= 4 is 11.6 Å². The molecule has 1 aliphatic heterocycles. The second-order valence-corrected chi connectivity index (χ2v) is 5.70. The second-order valence-electron chi connectivity index (χ2n) is 5.27. The molecule has 3 rings (SSSR count). The second kappa shape index (κ2) is 5.15. The molecule has 0 atom stereocenters. The highest BCUT2D eigenvalue weighted by Crippen LogP contribution is 2.34. The molecule has 0 bridgehead atoms. The zero-order valence-corrected chi connectivity index (χ0v) is 11.6.